The Labute approximate surface area is 110 Å². The Kier molecular flexibility index (Phi) is 2.56. The molecule has 0 aliphatic carbocycles. The highest BCUT2D eigenvalue weighted by atomic mass is 32.1. The molecular formula is C15H12O2S. The molecule has 18 heavy (non-hydrogen) atoms. The van der Waals surface area contributed by atoms with E-state index in [0.717, 1.165) is 37.8 Å². The van der Waals surface area contributed by atoms with E-state index in [2.05, 4.69) is 0 Å². The molecule has 2 aromatic carbocycles. The van der Waals surface area contributed by atoms with Crippen molar-refractivity contribution < 1.29 is 9.15 Å². The third-order valence-corrected chi connectivity index (χ3v) is 3.36. The van der Waals surface area contributed by atoms with Crippen LogP contribution in [-0.4, -0.2) is 7.11 Å². The third kappa shape index (κ3) is 1.59. The van der Waals surface area contributed by atoms with Crippen molar-refractivity contribution in [3.8, 4) is 5.75 Å². The zero-order chi connectivity index (χ0) is 12.7. The molecule has 3 aromatic rings. The Morgan fingerprint density at radius 1 is 1.11 bits per heavy atom. The van der Waals surface area contributed by atoms with Crippen molar-refractivity contribution in [2.45, 2.75) is 6.92 Å². The molecule has 2 nitrogen and oxygen atoms in total. The molecule has 0 saturated carbocycles. The zero-order valence-corrected chi connectivity index (χ0v) is 11.0. The van der Waals surface area contributed by atoms with Crippen molar-refractivity contribution in [1.82, 2.24) is 0 Å². The molecule has 0 saturated heterocycles. The van der Waals surface area contributed by atoms with Gasteiger partial charge in [0.15, 0.2) is 0 Å². The summed E-state index contributed by atoms with van der Waals surface area (Å²) in [7, 11) is 1.66. The fourth-order valence-corrected chi connectivity index (χ4v) is 2.66. The zero-order valence-electron chi connectivity index (χ0n) is 10.2. The Bertz CT molecular complexity index is 803. The first-order valence-corrected chi connectivity index (χ1v) is 6.12. The predicted molar refractivity (Wildman–Crippen MR) is 75.8 cm³/mol. The fraction of sp³-hybridized carbons (Fsp3) is 0.133. The van der Waals surface area contributed by atoms with Crippen molar-refractivity contribution in [1.29, 1.82) is 0 Å². The Hall–Kier alpha value is -1.87. The van der Waals surface area contributed by atoms with Crippen molar-refractivity contribution in [3.05, 3.63) is 46.7 Å². The van der Waals surface area contributed by atoms with Gasteiger partial charge in [0, 0.05) is 16.8 Å². The number of rotatable bonds is 1. The molecule has 0 bridgehead atoms. The normalized spacial score (nSPS) is 11.0. The Morgan fingerprint density at radius 3 is 2.56 bits per heavy atom. The Balaban J connectivity index is 2.64. The lowest BCUT2D eigenvalue weighted by Gasteiger charge is -2.09. The summed E-state index contributed by atoms with van der Waals surface area (Å²) < 4.78 is 12.0. The van der Waals surface area contributed by atoms with Crippen LogP contribution in [0, 0.1) is 11.4 Å². The van der Waals surface area contributed by atoms with Gasteiger partial charge < -0.3 is 9.15 Å². The molecule has 3 heteroatoms. The second-order valence-electron chi connectivity index (χ2n) is 4.22. The highest BCUT2D eigenvalue weighted by Gasteiger charge is 2.09. The molecule has 0 N–H and O–H groups in total. The lowest BCUT2D eigenvalue weighted by atomic mass is 10.0. The van der Waals surface area contributed by atoms with Gasteiger partial charge in [0.1, 0.15) is 17.1 Å². The van der Waals surface area contributed by atoms with E-state index in [1.807, 2.05) is 43.3 Å². The fourth-order valence-electron chi connectivity index (χ4n) is 2.28. The SMILES string of the molecule is COc1cc2oc(C)cc(=S)c2c2ccccc12. The molecule has 90 valence electrons. The van der Waals surface area contributed by atoms with Crippen LogP contribution in [0.1, 0.15) is 5.76 Å². The molecule has 3 rings (SSSR count). The minimum Gasteiger partial charge on any atom is -0.496 e. The maximum Gasteiger partial charge on any atom is 0.139 e. The summed E-state index contributed by atoms with van der Waals surface area (Å²) in [6.07, 6.45) is 0. The maximum atomic E-state index is 5.75. The van der Waals surface area contributed by atoms with Gasteiger partial charge >= 0.3 is 0 Å². The molecule has 0 unspecified atom stereocenters. The standard InChI is InChI=1S/C15H12O2S/c1-9-7-14(18)15-11-6-4-3-5-10(11)12(16-2)8-13(15)17-9/h3-8H,1-2H3. The van der Waals surface area contributed by atoms with E-state index in [9.17, 15) is 0 Å². The number of fused-ring (bicyclic) bond motifs is 3. The van der Waals surface area contributed by atoms with Gasteiger partial charge in [-0.1, -0.05) is 36.5 Å². The summed E-state index contributed by atoms with van der Waals surface area (Å²) in [6.45, 7) is 1.90. The summed E-state index contributed by atoms with van der Waals surface area (Å²) in [6, 6.07) is 11.8. The van der Waals surface area contributed by atoms with E-state index in [1.54, 1.807) is 7.11 Å². The van der Waals surface area contributed by atoms with E-state index in [-0.39, 0.29) is 0 Å². The molecule has 0 aliphatic rings. The van der Waals surface area contributed by atoms with Crippen LogP contribution in [0.2, 0.25) is 0 Å². The summed E-state index contributed by atoms with van der Waals surface area (Å²) in [5.41, 5.74) is 0.774. The van der Waals surface area contributed by atoms with Gasteiger partial charge in [0.05, 0.1) is 11.6 Å². The minimum atomic E-state index is 0.774. The van der Waals surface area contributed by atoms with Crippen molar-refractivity contribution >= 4 is 34.0 Å². The largest absolute Gasteiger partial charge is 0.496 e. The average Bonchev–Trinajstić information content (AvgIpc) is 2.36. The monoisotopic (exact) mass is 256 g/mol. The van der Waals surface area contributed by atoms with Gasteiger partial charge in [0.2, 0.25) is 0 Å². The van der Waals surface area contributed by atoms with Gasteiger partial charge in [-0.25, -0.2) is 0 Å². The molecule has 1 heterocycles. The van der Waals surface area contributed by atoms with Gasteiger partial charge in [-0.3, -0.25) is 0 Å². The summed E-state index contributed by atoms with van der Waals surface area (Å²) in [4.78, 5) is 0. The second kappa shape index (κ2) is 4.10. The second-order valence-corrected chi connectivity index (χ2v) is 4.66. The first kappa shape index (κ1) is 11.2. The third-order valence-electron chi connectivity index (χ3n) is 3.04. The number of benzene rings is 2. The van der Waals surface area contributed by atoms with Crippen LogP contribution in [0.3, 0.4) is 0 Å². The topological polar surface area (TPSA) is 22.4 Å². The molecule has 1 aromatic heterocycles. The lowest BCUT2D eigenvalue weighted by Crippen LogP contribution is -1.87. The first-order chi connectivity index (χ1) is 8.70. The van der Waals surface area contributed by atoms with E-state index in [4.69, 9.17) is 21.4 Å². The van der Waals surface area contributed by atoms with E-state index in [0.29, 0.717) is 0 Å². The summed E-state index contributed by atoms with van der Waals surface area (Å²) in [5, 5.41) is 3.10. The molecule has 0 aliphatic heterocycles. The maximum absolute atomic E-state index is 5.75. The smallest absolute Gasteiger partial charge is 0.139 e. The number of hydrogen-bond acceptors (Lipinski definition) is 3. The number of ether oxygens (including phenoxy) is 1. The van der Waals surface area contributed by atoms with Crippen molar-refractivity contribution in [2.24, 2.45) is 0 Å². The highest BCUT2D eigenvalue weighted by Crippen LogP contribution is 2.34. The van der Waals surface area contributed by atoms with Gasteiger partial charge in [0.25, 0.3) is 0 Å². The van der Waals surface area contributed by atoms with Gasteiger partial charge in [-0.15, -0.1) is 0 Å². The first-order valence-electron chi connectivity index (χ1n) is 5.71. The quantitative estimate of drug-likeness (QED) is 0.468. The van der Waals surface area contributed by atoms with E-state index >= 15 is 0 Å². The van der Waals surface area contributed by atoms with Crippen molar-refractivity contribution in [3.63, 3.8) is 0 Å². The van der Waals surface area contributed by atoms with Gasteiger partial charge in [-0.05, 0) is 18.4 Å². The van der Waals surface area contributed by atoms with Crippen LogP contribution in [0.25, 0.3) is 21.7 Å². The predicted octanol–water partition coefficient (Wildman–Crippen LogP) is 4.63. The number of aryl methyl sites for hydroxylation is 1. The Morgan fingerprint density at radius 2 is 1.83 bits per heavy atom. The van der Waals surface area contributed by atoms with Crippen LogP contribution in [0.4, 0.5) is 0 Å². The molecule has 0 atom stereocenters. The molecular weight excluding hydrogens is 244 g/mol. The van der Waals surface area contributed by atoms with Crippen LogP contribution < -0.4 is 4.74 Å². The molecule has 0 amide bonds. The average molecular weight is 256 g/mol. The van der Waals surface area contributed by atoms with Gasteiger partial charge in [-0.2, -0.15) is 0 Å². The number of methoxy groups -OCH3 is 1. The minimum absolute atomic E-state index is 0.774. The molecule has 0 fully saturated rings. The summed E-state index contributed by atoms with van der Waals surface area (Å²) >= 11 is 5.45. The van der Waals surface area contributed by atoms with Crippen LogP contribution in [0.15, 0.2) is 40.8 Å². The number of hydrogen-bond donors (Lipinski definition) is 0. The van der Waals surface area contributed by atoms with Crippen LogP contribution in [-0.2, 0) is 0 Å². The summed E-state index contributed by atoms with van der Waals surface area (Å²) in [5.74, 6) is 1.62. The van der Waals surface area contributed by atoms with Crippen molar-refractivity contribution in [2.75, 3.05) is 7.11 Å². The molecule has 0 spiro atoms. The molecule has 0 radical (unpaired) electrons. The van der Waals surface area contributed by atoms with Crippen LogP contribution >= 0.6 is 12.2 Å². The van der Waals surface area contributed by atoms with E-state index < -0.39 is 0 Å². The highest BCUT2D eigenvalue weighted by molar-refractivity contribution is 7.71. The van der Waals surface area contributed by atoms with E-state index in [1.165, 1.54) is 0 Å². The lowest BCUT2D eigenvalue weighted by molar-refractivity contribution is 0.419. The van der Waals surface area contributed by atoms with Crippen LogP contribution in [0.5, 0.6) is 5.75 Å².